The van der Waals surface area contributed by atoms with Crippen molar-refractivity contribution in [3.8, 4) is 11.5 Å². The van der Waals surface area contributed by atoms with Crippen molar-refractivity contribution in [2.24, 2.45) is 5.73 Å². The maximum absolute atomic E-state index is 12.9. The first-order valence-corrected chi connectivity index (χ1v) is 14.0. The van der Waals surface area contributed by atoms with Crippen LogP contribution in [0.25, 0.3) is 6.08 Å². The molecule has 0 aliphatic rings. The molecule has 0 spiro atoms. The van der Waals surface area contributed by atoms with Crippen LogP contribution >= 0.6 is 12.2 Å². The van der Waals surface area contributed by atoms with Crippen LogP contribution in [-0.4, -0.2) is 35.7 Å². The van der Waals surface area contributed by atoms with Crippen LogP contribution in [-0.2, 0) is 25.8 Å². The minimum atomic E-state index is -4.09. The number of ether oxygens (including phenoxy) is 2. The molecule has 1 heterocycles. The number of carbonyl (C=O) groups excluding carboxylic acids is 2. The number of carbonyl (C=O) groups is 2. The standard InChI is InChI=1S/C28H23N3O8S2/c29-27(40)20-12-16-22(17-13-20)38-26(33)18-11-19-9-14-21(15-10-19)37-25(32)8-4-7-24-28(31(34)39-30-24)41(35,36)23-5-2-1-3-6-23/h1-3,5-6,9-18H,4,7-8H2,(H2-,29,30,34,40)/p+1/b18-11+. The van der Waals surface area contributed by atoms with Crippen LogP contribution in [0.5, 0.6) is 11.5 Å². The Morgan fingerprint density at radius 2 is 1.61 bits per heavy atom. The van der Waals surface area contributed by atoms with Gasteiger partial charge in [-0.25, -0.2) is 13.2 Å². The number of benzene rings is 3. The molecule has 1 aromatic heterocycles. The van der Waals surface area contributed by atoms with Gasteiger partial charge in [0, 0.05) is 24.5 Å². The molecule has 13 heteroatoms. The molecule has 41 heavy (non-hydrogen) atoms. The lowest BCUT2D eigenvalue weighted by molar-refractivity contribution is -1.06. The average molecular weight is 595 g/mol. The van der Waals surface area contributed by atoms with Gasteiger partial charge < -0.3 is 20.4 Å². The summed E-state index contributed by atoms with van der Waals surface area (Å²) < 4.78 is 41.0. The molecule has 0 bridgehead atoms. The molecular formula is C28H24N3O8S2+. The van der Waals surface area contributed by atoms with Crippen LogP contribution in [0, 0.1) is 0 Å². The zero-order valence-corrected chi connectivity index (χ0v) is 23.0. The highest BCUT2D eigenvalue weighted by Crippen LogP contribution is 2.22. The highest BCUT2D eigenvalue weighted by Gasteiger charge is 2.37. The third-order valence-electron chi connectivity index (χ3n) is 5.63. The van der Waals surface area contributed by atoms with E-state index in [9.17, 15) is 23.2 Å². The molecule has 11 nitrogen and oxygen atoms in total. The topological polar surface area (TPSA) is 163 Å². The lowest BCUT2D eigenvalue weighted by atomic mass is 10.2. The maximum atomic E-state index is 12.9. The van der Waals surface area contributed by atoms with Gasteiger partial charge in [0.15, 0.2) is 5.16 Å². The second-order valence-corrected chi connectivity index (χ2v) is 10.9. The molecule has 210 valence electrons. The van der Waals surface area contributed by atoms with Crippen LogP contribution < -0.4 is 20.1 Å². The van der Waals surface area contributed by atoms with Crippen molar-refractivity contribution in [2.45, 2.75) is 29.2 Å². The number of sulfone groups is 1. The Kier molecular flexibility index (Phi) is 9.22. The van der Waals surface area contributed by atoms with E-state index in [4.69, 9.17) is 27.4 Å². The molecule has 4 rings (SSSR count). The summed E-state index contributed by atoms with van der Waals surface area (Å²) >= 11 is 4.89. The van der Waals surface area contributed by atoms with Crippen molar-refractivity contribution in [2.75, 3.05) is 0 Å². The van der Waals surface area contributed by atoms with E-state index in [0.717, 1.165) is 0 Å². The van der Waals surface area contributed by atoms with Gasteiger partial charge in [0.2, 0.25) is 0 Å². The highest BCUT2D eigenvalue weighted by atomic mass is 32.2. The molecule has 4 aromatic rings. The SMILES string of the molecule is NC(=S)c1ccc(OC(=O)/C=C/c2ccc(OC(=O)CCCc3no[n+](O)c3S(=O)(=O)c3ccccc3)cc2)cc1. The van der Waals surface area contributed by atoms with Gasteiger partial charge in [-0.05, 0) is 71.2 Å². The van der Waals surface area contributed by atoms with Crippen molar-refractivity contribution in [1.29, 1.82) is 0 Å². The summed E-state index contributed by atoms with van der Waals surface area (Å²) in [6, 6.07) is 20.4. The second-order valence-electron chi connectivity index (χ2n) is 8.55. The molecule has 0 unspecified atom stereocenters. The molecule has 0 aliphatic carbocycles. The third-order valence-corrected chi connectivity index (χ3v) is 7.66. The smallest absolute Gasteiger partial charge is 0.363 e. The number of hydrogen-bond acceptors (Lipinski definition) is 10. The third kappa shape index (κ3) is 7.62. The molecule has 3 aromatic carbocycles. The number of hydrogen-bond donors (Lipinski definition) is 2. The van der Waals surface area contributed by atoms with Crippen LogP contribution in [0.15, 0.2) is 99.5 Å². The molecular weight excluding hydrogens is 570 g/mol. The fourth-order valence-electron chi connectivity index (χ4n) is 3.63. The zero-order valence-electron chi connectivity index (χ0n) is 21.4. The fourth-order valence-corrected chi connectivity index (χ4v) is 5.19. The maximum Gasteiger partial charge on any atom is 0.363 e. The zero-order chi connectivity index (χ0) is 29.4. The number of nitrogens with two attached hydrogens (primary N) is 1. The van der Waals surface area contributed by atoms with E-state index in [0.29, 0.717) is 16.9 Å². The Morgan fingerprint density at radius 1 is 0.976 bits per heavy atom. The first-order chi connectivity index (χ1) is 19.6. The summed E-state index contributed by atoms with van der Waals surface area (Å²) in [5.41, 5.74) is 6.86. The van der Waals surface area contributed by atoms with E-state index >= 15 is 0 Å². The van der Waals surface area contributed by atoms with Crippen molar-refractivity contribution >= 4 is 45.1 Å². The van der Waals surface area contributed by atoms with Gasteiger partial charge in [-0.15, -0.1) is 0 Å². The van der Waals surface area contributed by atoms with Gasteiger partial charge in [0.05, 0.1) is 4.90 Å². The van der Waals surface area contributed by atoms with Gasteiger partial charge in [0.1, 0.15) is 21.4 Å². The van der Waals surface area contributed by atoms with Gasteiger partial charge in [-0.1, -0.05) is 42.5 Å². The largest absolute Gasteiger partial charge is 0.427 e. The van der Waals surface area contributed by atoms with Gasteiger partial charge >= 0.3 is 17.0 Å². The van der Waals surface area contributed by atoms with E-state index in [-0.39, 0.29) is 45.5 Å². The summed E-state index contributed by atoms with van der Waals surface area (Å²) in [4.78, 5) is 24.7. The summed E-state index contributed by atoms with van der Waals surface area (Å²) in [5.74, 6) is -0.502. The molecule has 0 saturated heterocycles. The lowest BCUT2D eigenvalue weighted by Gasteiger charge is -2.04. The summed E-state index contributed by atoms with van der Waals surface area (Å²) in [6.07, 6.45) is 2.98. The normalized spacial score (nSPS) is 11.3. The predicted molar refractivity (Wildman–Crippen MR) is 148 cm³/mol. The number of thiocarbonyl (C=S) groups is 1. The Hall–Kier alpha value is -4.88. The van der Waals surface area contributed by atoms with E-state index < -0.39 is 26.8 Å². The molecule has 0 fully saturated rings. The van der Waals surface area contributed by atoms with E-state index in [1.807, 2.05) is 0 Å². The summed E-state index contributed by atoms with van der Waals surface area (Å²) in [5, 5.41) is 13.0. The van der Waals surface area contributed by atoms with Gasteiger partial charge in [-0.2, -0.15) is 0 Å². The summed E-state index contributed by atoms with van der Waals surface area (Å²) in [6.45, 7) is 0. The molecule has 0 atom stereocenters. The number of aryl methyl sites for hydroxylation is 1. The van der Waals surface area contributed by atoms with Crippen LogP contribution in [0.1, 0.15) is 29.7 Å². The van der Waals surface area contributed by atoms with Crippen LogP contribution in [0.4, 0.5) is 0 Å². The van der Waals surface area contributed by atoms with Crippen LogP contribution in [0.3, 0.4) is 0 Å². The number of aromatic nitrogens is 2. The lowest BCUT2D eigenvalue weighted by Crippen LogP contribution is -2.34. The van der Waals surface area contributed by atoms with Gasteiger partial charge in [0.25, 0.3) is 15.5 Å². The minimum Gasteiger partial charge on any atom is -0.427 e. The Labute approximate surface area is 240 Å². The number of nitrogens with zero attached hydrogens (tertiary/aromatic N) is 2. The fraction of sp³-hybridized carbons (Fsp3) is 0.107. The number of esters is 2. The molecule has 3 N–H and O–H groups in total. The van der Waals surface area contributed by atoms with E-state index in [1.165, 1.54) is 18.2 Å². The highest BCUT2D eigenvalue weighted by molar-refractivity contribution is 7.91. The second kappa shape index (κ2) is 13.0. The van der Waals surface area contributed by atoms with Crippen LogP contribution in [0.2, 0.25) is 0 Å². The van der Waals surface area contributed by atoms with E-state index in [2.05, 4.69) is 9.79 Å². The Balaban J connectivity index is 1.27. The van der Waals surface area contributed by atoms with Gasteiger partial charge in [-0.3, -0.25) is 4.79 Å². The molecule has 0 aliphatic heterocycles. The van der Waals surface area contributed by atoms with Crippen molar-refractivity contribution in [3.63, 3.8) is 0 Å². The van der Waals surface area contributed by atoms with Crippen molar-refractivity contribution in [1.82, 2.24) is 5.16 Å². The minimum absolute atomic E-state index is 0.0181. The monoisotopic (exact) mass is 594 g/mol. The van der Waals surface area contributed by atoms with E-state index in [1.54, 1.807) is 72.8 Å². The Morgan fingerprint density at radius 3 is 2.27 bits per heavy atom. The molecule has 0 radical (unpaired) electrons. The Bertz CT molecular complexity index is 1680. The molecule has 0 amide bonds. The number of rotatable bonds is 11. The predicted octanol–water partition coefficient (Wildman–Crippen LogP) is 3.21. The quantitative estimate of drug-likeness (QED) is 0.0862. The van der Waals surface area contributed by atoms with Crippen molar-refractivity contribution in [3.05, 3.63) is 102 Å². The summed E-state index contributed by atoms with van der Waals surface area (Å²) in [7, 11) is -4.09. The average Bonchev–Trinajstić information content (AvgIpc) is 3.34. The first-order valence-electron chi connectivity index (χ1n) is 12.1. The first kappa shape index (κ1) is 29.1. The van der Waals surface area contributed by atoms with Crippen molar-refractivity contribution < 1.29 is 42.2 Å². The molecule has 0 saturated carbocycles.